The molecular formula is C13H9Br2FN2O2. The molecule has 2 aromatic carbocycles. The summed E-state index contributed by atoms with van der Waals surface area (Å²) < 4.78 is 14.1. The highest BCUT2D eigenvalue weighted by molar-refractivity contribution is 9.10. The summed E-state index contributed by atoms with van der Waals surface area (Å²) in [5.41, 5.74) is 1.22. The van der Waals surface area contributed by atoms with Crippen LogP contribution in [0, 0.1) is 15.9 Å². The molecule has 0 heterocycles. The Morgan fingerprint density at radius 1 is 1.20 bits per heavy atom. The molecule has 2 aromatic rings. The van der Waals surface area contributed by atoms with Crippen LogP contribution in [0.15, 0.2) is 45.3 Å². The predicted molar refractivity (Wildman–Crippen MR) is 82.2 cm³/mol. The van der Waals surface area contributed by atoms with E-state index in [-0.39, 0.29) is 11.5 Å². The quantitative estimate of drug-likeness (QED) is 0.585. The number of anilines is 1. The summed E-state index contributed by atoms with van der Waals surface area (Å²) in [6.07, 6.45) is 0. The fourth-order valence-electron chi connectivity index (χ4n) is 1.65. The highest BCUT2D eigenvalue weighted by atomic mass is 79.9. The Morgan fingerprint density at radius 2 is 1.95 bits per heavy atom. The van der Waals surface area contributed by atoms with Gasteiger partial charge in [0.05, 0.1) is 9.40 Å². The van der Waals surface area contributed by atoms with E-state index < -0.39 is 4.92 Å². The van der Waals surface area contributed by atoms with Crippen LogP contribution in [0.3, 0.4) is 0 Å². The lowest BCUT2D eigenvalue weighted by atomic mass is 10.2. The average molecular weight is 404 g/mol. The van der Waals surface area contributed by atoms with E-state index in [4.69, 9.17) is 0 Å². The van der Waals surface area contributed by atoms with Crippen LogP contribution in [0.5, 0.6) is 0 Å². The number of benzene rings is 2. The number of rotatable bonds is 4. The normalized spacial score (nSPS) is 10.3. The van der Waals surface area contributed by atoms with E-state index in [1.165, 1.54) is 12.1 Å². The first kappa shape index (κ1) is 14.9. The standard InChI is InChI=1S/C13H9Br2FN2O2/c14-9-2-4-12(13(6-9)18(19)20)17-7-8-1-3-11(16)10(15)5-8/h1-6,17H,7H2. The zero-order chi connectivity index (χ0) is 14.7. The molecule has 104 valence electrons. The van der Waals surface area contributed by atoms with E-state index in [0.717, 1.165) is 5.56 Å². The number of hydrogen-bond acceptors (Lipinski definition) is 3. The van der Waals surface area contributed by atoms with Gasteiger partial charge in [-0.05, 0) is 45.8 Å². The highest BCUT2D eigenvalue weighted by Crippen LogP contribution is 2.28. The molecule has 0 amide bonds. The second-order valence-electron chi connectivity index (χ2n) is 4.02. The van der Waals surface area contributed by atoms with Crippen LogP contribution in [-0.4, -0.2) is 4.92 Å². The molecule has 0 bridgehead atoms. The minimum atomic E-state index is -0.451. The van der Waals surface area contributed by atoms with Crippen molar-refractivity contribution in [1.82, 2.24) is 0 Å². The molecule has 20 heavy (non-hydrogen) atoms. The van der Waals surface area contributed by atoms with Gasteiger partial charge in [-0.1, -0.05) is 22.0 Å². The van der Waals surface area contributed by atoms with Gasteiger partial charge in [0.15, 0.2) is 0 Å². The van der Waals surface area contributed by atoms with Crippen LogP contribution in [0.2, 0.25) is 0 Å². The Morgan fingerprint density at radius 3 is 2.60 bits per heavy atom. The lowest BCUT2D eigenvalue weighted by Crippen LogP contribution is -2.03. The minimum Gasteiger partial charge on any atom is -0.375 e. The molecule has 0 spiro atoms. The zero-order valence-corrected chi connectivity index (χ0v) is 13.2. The number of nitro benzene ring substituents is 1. The molecule has 0 radical (unpaired) electrons. The van der Waals surface area contributed by atoms with Crippen molar-refractivity contribution in [3.63, 3.8) is 0 Å². The molecule has 0 aliphatic heterocycles. The van der Waals surface area contributed by atoms with E-state index in [2.05, 4.69) is 37.2 Å². The maximum Gasteiger partial charge on any atom is 0.293 e. The van der Waals surface area contributed by atoms with Crippen molar-refractivity contribution in [2.24, 2.45) is 0 Å². The van der Waals surface area contributed by atoms with Crippen molar-refractivity contribution in [3.05, 3.63) is 66.8 Å². The predicted octanol–water partition coefficient (Wildman–Crippen LogP) is 4.87. The van der Waals surface area contributed by atoms with Gasteiger partial charge in [0.1, 0.15) is 11.5 Å². The fourth-order valence-corrected chi connectivity index (χ4v) is 2.43. The topological polar surface area (TPSA) is 55.2 Å². The second-order valence-corrected chi connectivity index (χ2v) is 5.79. The maximum atomic E-state index is 13.1. The number of nitrogens with one attached hydrogen (secondary N) is 1. The Balaban J connectivity index is 2.18. The number of nitrogens with zero attached hydrogens (tertiary/aromatic N) is 1. The van der Waals surface area contributed by atoms with Crippen molar-refractivity contribution < 1.29 is 9.31 Å². The molecule has 0 aromatic heterocycles. The fraction of sp³-hybridized carbons (Fsp3) is 0.0769. The van der Waals surface area contributed by atoms with Gasteiger partial charge < -0.3 is 5.32 Å². The number of hydrogen-bond donors (Lipinski definition) is 1. The molecule has 0 aliphatic rings. The Kier molecular flexibility index (Phi) is 4.72. The molecule has 0 fully saturated rings. The van der Waals surface area contributed by atoms with Gasteiger partial charge in [-0.15, -0.1) is 0 Å². The van der Waals surface area contributed by atoms with E-state index in [0.29, 0.717) is 21.2 Å². The monoisotopic (exact) mass is 402 g/mol. The van der Waals surface area contributed by atoms with E-state index in [1.54, 1.807) is 24.3 Å². The van der Waals surface area contributed by atoms with Gasteiger partial charge in [0.25, 0.3) is 5.69 Å². The summed E-state index contributed by atoms with van der Waals surface area (Å²) in [6.45, 7) is 0.362. The maximum absolute atomic E-state index is 13.1. The third-order valence-electron chi connectivity index (χ3n) is 2.62. The van der Waals surface area contributed by atoms with Gasteiger partial charge in [-0.2, -0.15) is 0 Å². The summed E-state index contributed by atoms with van der Waals surface area (Å²) in [5, 5.41) is 14.0. The summed E-state index contributed by atoms with van der Waals surface area (Å²) in [5.74, 6) is -0.344. The summed E-state index contributed by atoms with van der Waals surface area (Å²) in [6, 6.07) is 9.38. The van der Waals surface area contributed by atoms with Crippen molar-refractivity contribution >= 4 is 43.2 Å². The first-order valence-electron chi connectivity index (χ1n) is 5.59. The molecule has 0 aliphatic carbocycles. The SMILES string of the molecule is O=[N+]([O-])c1cc(Br)ccc1NCc1ccc(F)c(Br)c1. The molecule has 2 rings (SSSR count). The number of halogens is 3. The van der Waals surface area contributed by atoms with E-state index in [1.807, 2.05) is 0 Å². The Bertz CT molecular complexity index is 665. The van der Waals surface area contributed by atoms with Crippen molar-refractivity contribution in [1.29, 1.82) is 0 Å². The molecule has 0 saturated carbocycles. The third-order valence-corrected chi connectivity index (χ3v) is 3.72. The van der Waals surface area contributed by atoms with Crippen molar-refractivity contribution in [2.75, 3.05) is 5.32 Å². The average Bonchev–Trinajstić information content (AvgIpc) is 2.41. The Labute approximate surface area is 131 Å². The van der Waals surface area contributed by atoms with Crippen LogP contribution in [0.1, 0.15) is 5.56 Å². The van der Waals surface area contributed by atoms with Crippen molar-refractivity contribution in [3.8, 4) is 0 Å². The molecule has 0 unspecified atom stereocenters. The van der Waals surface area contributed by atoms with Crippen LogP contribution in [0.4, 0.5) is 15.8 Å². The molecule has 1 N–H and O–H groups in total. The third kappa shape index (κ3) is 3.55. The summed E-state index contributed by atoms with van der Waals surface area (Å²) in [7, 11) is 0. The van der Waals surface area contributed by atoms with Gasteiger partial charge >= 0.3 is 0 Å². The smallest absolute Gasteiger partial charge is 0.293 e. The zero-order valence-electron chi connectivity index (χ0n) is 10.1. The van der Waals surface area contributed by atoms with E-state index >= 15 is 0 Å². The molecular weight excluding hydrogens is 395 g/mol. The van der Waals surface area contributed by atoms with Gasteiger partial charge in [0.2, 0.25) is 0 Å². The largest absolute Gasteiger partial charge is 0.375 e. The lowest BCUT2D eigenvalue weighted by molar-refractivity contribution is -0.384. The first-order chi connectivity index (χ1) is 9.47. The summed E-state index contributed by atoms with van der Waals surface area (Å²) in [4.78, 5) is 10.5. The van der Waals surface area contributed by atoms with E-state index in [9.17, 15) is 14.5 Å². The van der Waals surface area contributed by atoms with Crippen molar-refractivity contribution in [2.45, 2.75) is 6.54 Å². The molecule has 0 atom stereocenters. The van der Waals surface area contributed by atoms with Gasteiger partial charge in [0, 0.05) is 17.1 Å². The molecule has 4 nitrogen and oxygen atoms in total. The Hall–Kier alpha value is -1.47. The second kappa shape index (κ2) is 6.32. The summed E-state index contributed by atoms with van der Waals surface area (Å²) >= 11 is 6.30. The van der Waals surface area contributed by atoms with Gasteiger partial charge in [-0.3, -0.25) is 10.1 Å². The number of nitro groups is 1. The van der Waals surface area contributed by atoms with Crippen LogP contribution < -0.4 is 5.32 Å². The minimum absolute atomic E-state index is 0.0134. The van der Waals surface area contributed by atoms with Crippen LogP contribution >= 0.6 is 31.9 Å². The highest BCUT2D eigenvalue weighted by Gasteiger charge is 2.13. The molecule has 7 heteroatoms. The van der Waals surface area contributed by atoms with Gasteiger partial charge in [-0.25, -0.2) is 4.39 Å². The van der Waals surface area contributed by atoms with Crippen LogP contribution in [-0.2, 0) is 6.54 Å². The van der Waals surface area contributed by atoms with Crippen LogP contribution in [0.25, 0.3) is 0 Å². The molecule has 0 saturated heterocycles. The first-order valence-corrected chi connectivity index (χ1v) is 7.17. The lowest BCUT2D eigenvalue weighted by Gasteiger charge is -2.08.